The van der Waals surface area contributed by atoms with E-state index in [1.54, 1.807) is 25.3 Å². The van der Waals surface area contributed by atoms with Crippen LogP contribution in [-0.2, 0) is 11.2 Å². The number of aromatic hydroxyl groups is 1. The van der Waals surface area contributed by atoms with Crippen LogP contribution in [0.5, 0.6) is 11.5 Å². The first-order valence-corrected chi connectivity index (χ1v) is 12.1. The zero-order valence-electron chi connectivity index (χ0n) is 21.1. The summed E-state index contributed by atoms with van der Waals surface area (Å²) in [4.78, 5) is 22.7. The summed E-state index contributed by atoms with van der Waals surface area (Å²) in [7, 11) is 1.65. The van der Waals surface area contributed by atoms with E-state index >= 15 is 0 Å². The molecular formula is C28H41NO4. The van der Waals surface area contributed by atoms with Crippen LogP contribution in [0.2, 0.25) is 0 Å². The number of rotatable bonds is 6. The Kier molecular flexibility index (Phi) is 12.9. The fraction of sp³-hybridized carbons (Fsp3) is 0.500. The van der Waals surface area contributed by atoms with E-state index in [0.29, 0.717) is 12.0 Å². The molecule has 5 nitrogen and oxygen atoms in total. The molecule has 1 aliphatic carbocycles. The molecule has 1 fully saturated rings. The molecular weight excluding hydrogens is 414 g/mol. The van der Waals surface area contributed by atoms with Crippen LogP contribution < -0.4 is 10.1 Å². The van der Waals surface area contributed by atoms with Gasteiger partial charge in [-0.3, -0.25) is 9.59 Å². The van der Waals surface area contributed by atoms with E-state index in [-0.39, 0.29) is 17.6 Å². The molecule has 0 spiro atoms. The van der Waals surface area contributed by atoms with E-state index in [1.165, 1.54) is 19.3 Å². The maximum atomic E-state index is 12.3. The minimum absolute atomic E-state index is 0.158. The number of anilines is 1. The molecule has 1 saturated carbocycles. The lowest BCUT2D eigenvalue weighted by atomic mass is 9.80. The molecule has 2 N–H and O–H groups in total. The van der Waals surface area contributed by atoms with Crippen molar-refractivity contribution in [2.24, 2.45) is 11.8 Å². The van der Waals surface area contributed by atoms with Crippen molar-refractivity contribution in [3.8, 4) is 11.5 Å². The van der Waals surface area contributed by atoms with Gasteiger partial charge in [-0.05, 0) is 62.6 Å². The SMILES string of the molecule is CC.CCC1CCC(C(=O)Nc2ccc(C)c(OC)c2)CC1.CCc1c(O)cccc1C=O. The number of aldehydes is 1. The quantitative estimate of drug-likeness (QED) is 0.462. The molecule has 5 heteroatoms. The lowest BCUT2D eigenvalue weighted by Crippen LogP contribution is -2.27. The summed E-state index contributed by atoms with van der Waals surface area (Å²) in [6.45, 7) is 10.1. The number of hydrogen-bond acceptors (Lipinski definition) is 4. The van der Waals surface area contributed by atoms with Gasteiger partial charge in [0.2, 0.25) is 5.91 Å². The first kappa shape index (κ1) is 28.2. The third-order valence-electron chi connectivity index (χ3n) is 6.14. The van der Waals surface area contributed by atoms with Crippen molar-refractivity contribution in [2.45, 2.75) is 73.1 Å². The molecule has 2 aromatic carbocycles. The number of carbonyl (C=O) groups excluding carboxylic acids is 2. The standard InChI is InChI=1S/C17H25NO2.C9H10O2.C2H6/c1-4-13-6-8-14(9-7-13)17(19)18-15-10-5-12(2)16(11-15)20-3;1-2-8-7(6-10)4-3-5-9(8)11;1-2/h5,10-11,13-14H,4,6-9H2,1-3H3,(H,18,19);3-6,11H,2H2,1H3;1-2H3. The smallest absolute Gasteiger partial charge is 0.227 e. The van der Waals surface area contributed by atoms with Crippen LogP contribution in [-0.4, -0.2) is 24.4 Å². The fourth-order valence-corrected chi connectivity index (χ4v) is 4.06. The number of carbonyl (C=O) groups is 2. The van der Waals surface area contributed by atoms with Crippen molar-refractivity contribution in [2.75, 3.05) is 12.4 Å². The number of benzene rings is 2. The molecule has 0 heterocycles. The van der Waals surface area contributed by atoms with Crippen molar-refractivity contribution < 1.29 is 19.4 Å². The summed E-state index contributed by atoms with van der Waals surface area (Å²) in [6.07, 6.45) is 7.10. The summed E-state index contributed by atoms with van der Waals surface area (Å²) >= 11 is 0. The monoisotopic (exact) mass is 455 g/mol. The highest BCUT2D eigenvalue weighted by molar-refractivity contribution is 5.92. The Bertz CT molecular complexity index is 870. The first-order chi connectivity index (χ1) is 15.9. The Hall–Kier alpha value is -2.82. The van der Waals surface area contributed by atoms with E-state index in [2.05, 4.69) is 12.2 Å². The molecule has 3 rings (SSSR count). The summed E-state index contributed by atoms with van der Waals surface area (Å²) in [5, 5.41) is 12.3. The molecule has 1 amide bonds. The van der Waals surface area contributed by atoms with Gasteiger partial charge in [0.05, 0.1) is 7.11 Å². The highest BCUT2D eigenvalue weighted by atomic mass is 16.5. The average molecular weight is 456 g/mol. The topological polar surface area (TPSA) is 75.6 Å². The molecule has 1 aliphatic rings. The fourth-order valence-electron chi connectivity index (χ4n) is 4.06. The summed E-state index contributed by atoms with van der Waals surface area (Å²) in [6, 6.07) is 10.8. The maximum absolute atomic E-state index is 12.3. The van der Waals surface area contributed by atoms with Gasteiger partial charge in [0, 0.05) is 28.8 Å². The third kappa shape index (κ3) is 8.56. The number of methoxy groups -OCH3 is 1. The van der Waals surface area contributed by atoms with E-state index < -0.39 is 0 Å². The van der Waals surface area contributed by atoms with Gasteiger partial charge < -0.3 is 15.2 Å². The van der Waals surface area contributed by atoms with Crippen LogP contribution in [0.4, 0.5) is 5.69 Å². The largest absolute Gasteiger partial charge is 0.508 e. The minimum atomic E-state index is 0.158. The molecule has 0 unspecified atom stereocenters. The molecule has 182 valence electrons. The van der Waals surface area contributed by atoms with Crippen molar-refractivity contribution >= 4 is 17.9 Å². The van der Waals surface area contributed by atoms with Crippen molar-refractivity contribution in [3.05, 3.63) is 53.1 Å². The zero-order valence-corrected chi connectivity index (χ0v) is 21.1. The molecule has 33 heavy (non-hydrogen) atoms. The van der Waals surface area contributed by atoms with Gasteiger partial charge in [0.15, 0.2) is 0 Å². The summed E-state index contributed by atoms with van der Waals surface area (Å²) in [5.74, 6) is 2.17. The average Bonchev–Trinajstić information content (AvgIpc) is 2.86. The van der Waals surface area contributed by atoms with Crippen LogP contribution in [0.15, 0.2) is 36.4 Å². The maximum Gasteiger partial charge on any atom is 0.227 e. The van der Waals surface area contributed by atoms with Gasteiger partial charge in [-0.15, -0.1) is 0 Å². The Morgan fingerprint density at radius 2 is 1.79 bits per heavy atom. The molecule has 2 aromatic rings. The summed E-state index contributed by atoms with van der Waals surface area (Å²) in [5.41, 5.74) is 3.21. The van der Waals surface area contributed by atoms with E-state index in [4.69, 9.17) is 4.74 Å². The Morgan fingerprint density at radius 1 is 1.12 bits per heavy atom. The van der Waals surface area contributed by atoms with Crippen molar-refractivity contribution in [3.63, 3.8) is 0 Å². The molecule has 0 aliphatic heterocycles. The highest BCUT2D eigenvalue weighted by Crippen LogP contribution is 2.31. The number of phenolic OH excluding ortho intramolecular Hbond substituents is 1. The van der Waals surface area contributed by atoms with Crippen molar-refractivity contribution in [1.82, 2.24) is 0 Å². The van der Waals surface area contributed by atoms with Crippen LogP contribution in [0.25, 0.3) is 0 Å². The number of hydrogen-bond donors (Lipinski definition) is 2. The lowest BCUT2D eigenvalue weighted by Gasteiger charge is -2.27. The summed E-state index contributed by atoms with van der Waals surface area (Å²) < 4.78 is 5.29. The zero-order chi connectivity index (χ0) is 24.8. The predicted molar refractivity (Wildman–Crippen MR) is 136 cm³/mol. The second-order valence-electron chi connectivity index (χ2n) is 8.12. The molecule has 0 aromatic heterocycles. The number of nitrogens with one attached hydrogen (secondary N) is 1. The Balaban J connectivity index is 0.000000354. The molecule has 0 saturated heterocycles. The Morgan fingerprint density at radius 3 is 2.30 bits per heavy atom. The van der Waals surface area contributed by atoms with Crippen LogP contribution in [0.3, 0.4) is 0 Å². The van der Waals surface area contributed by atoms with Gasteiger partial charge in [-0.2, -0.15) is 0 Å². The van der Waals surface area contributed by atoms with E-state index in [1.807, 2.05) is 45.9 Å². The molecule has 0 radical (unpaired) electrons. The minimum Gasteiger partial charge on any atom is -0.508 e. The van der Waals surface area contributed by atoms with Crippen LogP contribution >= 0.6 is 0 Å². The van der Waals surface area contributed by atoms with Gasteiger partial charge >= 0.3 is 0 Å². The number of aryl methyl sites for hydroxylation is 1. The van der Waals surface area contributed by atoms with Gasteiger partial charge in [0.25, 0.3) is 0 Å². The molecule has 0 atom stereocenters. The van der Waals surface area contributed by atoms with E-state index in [9.17, 15) is 14.7 Å². The Labute approximate surface area is 199 Å². The predicted octanol–water partition coefficient (Wildman–Crippen LogP) is 6.95. The molecule has 0 bridgehead atoms. The number of ether oxygens (including phenoxy) is 1. The second-order valence-corrected chi connectivity index (χ2v) is 8.12. The second kappa shape index (κ2) is 15.1. The van der Waals surface area contributed by atoms with Crippen LogP contribution in [0.1, 0.15) is 81.3 Å². The first-order valence-electron chi connectivity index (χ1n) is 12.1. The van der Waals surface area contributed by atoms with Crippen LogP contribution in [0, 0.1) is 18.8 Å². The normalized spacial score (nSPS) is 16.9. The highest BCUT2D eigenvalue weighted by Gasteiger charge is 2.25. The van der Waals surface area contributed by atoms with E-state index in [0.717, 1.165) is 47.6 Å². The number of phenols is 1. The van der Waals surface area contributed by atoms with Gasteiger partial charge in [-0.25, -0.2) is 0 Å². The van der Waals surface area contributed by atoms with Crippen molar-refractivity contribution in [1.29, 1.82) is 0 Å². The third-order valence-corrected chi connectivity index (χ3v) is 6.14. The lowest BCUT2D eigenvalue weighted by molar-refractivity contribution is -0.121. The number of amides is 1. The van der Waals surface area contributed by atoms with Gasteiger partial charge in [0.1, 0.15) is 17.8 Å². The van der Waals surface area contributed by atoms with Gasteiger partial charge in [-0.1, -0.05) is 52.3 Å².